The molecule has 7 heteroatoms. The molecule has 0 aliphatic heterocycles. The van der Waals surface area contributed by atoms with E-state index < -0.39 is 5.60 Å². The lowest BCUT2D eigenvalue weighted by molar-refractivity contribution is 0.0617. The SMILES string of the molecule is CCNC(=NCc1ccc(NC(=O)c2ccco2)cc1)NCC(C)(O)c1ccccc1. The number of furan rings is 1. The van der Waals surface area contributed by atoms with Crippen LogP contribution in [0.3, 0.4) is 0 Å². The van der Waals surface area contributed by atoms with Gasteiger partial charge in [0.05, 0.1) is 19.4 Å². The molecule has 4 N–H and O–H groups in total. The van der Waals surface area contributed by atoms with Gasteiger partial charge in [-0.05, 0) is 49.2 Å². The lowest BCUT2D eigenvalue weighted by atomic mass is 9.96. The fourth-order valence-electron chi connectivity index (χ4n) is 2.96. The lowest BCUT2D eigenvalue weighted by Gasteiger charge is -2.25. The van der Waals surface area contributed by atoms with Gasteiger partial charge in [-0.15, -0.1) is 0 Å². The summed E-state index contributed by atoms with van der Waals surface area (Å²) in [7, 11) is 0. The highest BCUT2D eigenvalue weighted by Gasteiger charge is 2.22. The summed E-state index contributed by atoms with van der Waals surface area (Å²) in [6.45, 7) is 5.24. The molecule has 7 nitrogen and oxygen atoms in total. The molecule has 0 saturated carbocycles. The Hall–Kier alpha value is -3.58. The van der Waals surface area contributed by atoms with Crippen molar-refractivity contribution in [2.75, 3.05) is 18.4 Å². The number of nitrogens with one attached hydrogen (secondary N) is 3. The number of rotatable bonds is 8. The Bertz CT molecular complexity index is 981. The first-order valence-electron chi connectivity index (χ1n) is 10.2. The number of nitrogens with zero attached hydrogens (tertiary/aromatic N) is 1. The summed E-state index contributed by atoms with van der Waals surface area (Å²) >= 11 is 0. The maximum atomic E-state index is 12.0. The minimum absolute atomic E-state index is 0.265. The summed E-state index contributed by atoms with van der Waals surface area (Å²) < 4.78 is 5.09. The van der Waals surface area contributed by atoms with Crippen molar-refractivity contribution < 1.29 is 14.3 Å². The number of carbonyl (C=O) groups is 1. The zero-order chi connectivity index (χ0) is 22.1. The van der Waals surface area contributed by atoms with E-state index in [-0.39, 0.29) is 11.7 Å². The van der Waals surface area contributed by atoms with Crippen LogP contribution < -0.4 is 16.0 Å². The number of aliphatic hydroxyl groups is 1. The molecule has 31 heavy (non-hydrogen) atoms. The van der Waals surface area contributed by atoms with E-state index in [1.807, 2.05) is 61.5 Å². The number of carbonyl (C=O) groups excluding carboxylic acids is 1. The number of guanidine groups is 1. The van der Waals surface area contributed by atoms with Crippen molar-refractivity contribution in [3.8, 4) is 0 Å². The van der Waals surface area contributed by atoms with Crippen molar-refractivity contribution in [2.24, 2.45) is 4.99 Å². The Kier molecular flexibility index (Phi) is 7.45. The van der Waals surface area contributed by atoms with Crippen LogP contribution >= 0.6 is 0 Å². The molecule has 0 saturated heterocycles. The minimum Gasteiger partial charge on any atom is -0.459 e. The van der Waals surface area contributed by atoms with Gasteiger partial charge in [-0.3, -0.25) is 4.79 Å². The van der Waals surface area contributed by atoms with E-state index in [1.54, 1.807) is 19.1 Å². The van der Waals surface area contributed by atoms with Crippen molar-refractivity contribution in [1.82, 2.24) is 10.6 Å². The maximum absolute atomic E-state index is 12.0. The van der Waals surface area contributed by atoms with Gasteiger partial charge in [0, 0.05) is 12.2 Å². The highest BCUT2D eigenvalue weighted by Crippen LogP contribution is 2.19. The summed E-state index contributed by atoms with van der Waals surface area (Å²) in [5.41, 5.74) is 1.48. The van der Waals surface area contributed by atoms with Crippen molar-refractivity contribution in [2.45, 2.75) is 26.0 Å². The molecule has 0 fully saturated rings. The predicted molar refractivity (Wildman–Crippen MR) is 122 cm³/mol. The van der Waals surface area contributed by atoms with Gasteiger partial charge in [-0.1, -0.05) is 42.5 Å². The third-order valence-corrected chi connectivity index (χ3v) is 4.72. The van der Waals surface area contributed by atoms with Crippen LogP contribution in [0.1, 0.15) is 35.5 Å². The first-order valence-corrected chi connectivity index (χ1v) is 10.2. The Labute approximate surface area is 182 Å². The molecule has 0 spiro atoms. The van der Waals surface area contributed by atoms with Gasteiger partial charge < -0.3 is 25.5 Å². The van der Waals surface area contributed by atoms with E-state index in [0.717, 1.165) is 11.1 Å². The quantitative estimate of drug-likeness (QED) is 0.330. The lowest BCUT2D eigenvalue weighted by Crippen LogP contribution is -2.44. The summed E-state index contributed by atoms with van der Waals surface area (Å²) in [6, 6.07) is 20.3. The topological polar surface area (TPSA) is 98.9 Å². The Morgan fingerprint density at radius 1 is 1.03 bits per heavy atom. The molecule has 1 amide bonds. The summed E-state index contributed by atoms with van der Waals surface area (Å²) in [6.07, 6.45) is 1.46. The predicted octanol–water partition coefficient (Wildman–Crippen LogP) is 3.49. The Morgan fingerprint density at radius 3 is 2.42 bits per heavy atom. The maximum Gasteiger partial charge on any atom is 0.291 e. The molecule has 2 aromatic carbocycles. The van der Waals surface area contributed by atoms with Crippen LogP contribution in [-0.2, 0) is 12.1 Å². The molecule has 0 bridgehead atoms. The zero-order valence-corrected chi connectivity index (χ0v) is 17.8. The van der Waals surface area contributed by atoms with Gasteiger partial charge in [0.1, 0.15) is 5.60 Å². The normalized spacial score (nSPS) is 13.3. The summed E-state index contributed by atoms with van der Waals surface area (Å²) in [4.78, 5) is 16.6. The molecule has 3 aromatic rings. The van der Waals surface area contributed by atoms with Crippen LogP contribution in [-0.4, -0.2) is 30.1 Å². The molecule has 0 aliphatic carbocycles. The largest absolute Gasteiger partial charge is 0.459 e. The highest BCUT2D eigenvalue weighted by atomic mass is 16.3. The van der Waals surface area contributed by atoms with Crippen molar-refractivity contribution >= 4 is 17.6 Å². The second kappa shape index (κ2) is 10.4. The van der Waals surface area contributed by atoms with E-state index in [2.05, 4.69) is 20.9 Å². The average Bonchev–Trinajstić information content (AvgIpc) is 3.32. The van der Waals surface area contributed by atoms with Gasteiger partial charge in [-0.25, -0.2) is 4.99 Å². The van der Waals surface area contributed by atoms with Crippen LogP contribution in [0, 0.1) is 0 Å². The third-order valence-electron chi connectivity index (χ3n) is 4.72. The Morgan fingerprint density at radius 2 is 1.77 bits per heavy atom. The van der Waals surface area contributed by atoms with Crippen molar-refractivity contribution in [3.05, 3.63) is 89.9 Å². The second-order valence-electron chi connectivity index (χ2n) is 7.32. The fourth-order valence-corrected chi connectivity index (χ4v) is 2.96. The van der Waals surface area contributed by atoms with Crippen molar-refractivity contribution in [1.29, 1.82) is 0 Å². The van der Waals surface area contributed by atoms with Crippen LogP contribution in [0.5, 0.6) is 0 Å². The van der Waals surface area contributed by atoms with Crippen LogP contribution in [0.15, 0.2) is 82.4 Å². The van der Waals surface area contributed by atoms with Crippen molar-refractivity contribution in [3.63, 3.8) is 0 Å². The highest BCUT2D eigenvalue weighted by molar-refractivity contribution is 6.02. The van der Waals surface area contributed by atoms with Crippen LogP contribution in [0.4, 0.5) is 5.69 Å². The van der Waals surface area contributed by atoms with Gasteiger partial charge in [-0.2, -0.15) is 0 Å². The van der Waals surface area contributed by atoms with Gasteiger partial charge in [0.2, 0.25) is 0 Å². The second-order valence-corrected chi connectivity index (χ2v) is 7.32. The summed E-state index contributed by atoms with van der Waals surface area (Å²) in [5.74, 6) is 0.593. The van der Waals surface area contributed by atoms with E-state index >= 15 is 0 Å². The molecule has 0 aliphatic rings. The summed E-state index contributed by atoms with van der Waals surface area (Å²) in [5, 5.41) is 20.0. The Balaban J connectivity index is 1.57. The molecule has 1 unspecified atom stereocenters. The number of aliphatic imine (C=N–C) groups is 1. The number of hydrogen-bond acceptors (Lipinski definition) is 4. The number of benzene rings is 2. The van der Waals surface area contributed by atoms with Crippen LogP contribution in [0.25, 0.3) is 0 Å². The number of hydrogen-bond donors (Lipinski definition) is 4. The molecule has 1 atom stereocenters. The van der Waals surface area contributed by atoms with E-state index in [9.17, 15) is 9.90 Å². The molecule has 1 aromatic heterocycles. The molecule has 0 radical (unpaired) electrons. The monoisotopic (exact) mass is 420 g/mol. The third kappa shape index (κ3) is 6.45. The molecular formula is C24H28N4O3. The van der Waals surface area contributed by atoms with E-state index in [1.165, 1.54) is 6.26 Å². The number of anilines is 1. The minimum atomic E-state index is -1.02. The van der Waals surface area contributed by atoms with Gasteiger partial charge >= 0.3 is 0 Å². The van der Waals surface area contributed by atoms with E-state index in [4.69, 9.17) is 4.42 Å². The molecular weight excluding hydrogens is 392 g/mol. The van der Waals surface area contributed by atoms with E-state index in [0.29, 0.717) is 31.3 Å². The zero-order valence-electron chi connectivity index (χ0n) is 17.8. The van der Waals surface area contributed by atoms with Gasteiger partial charge in [0.15, 0.2) is 11.7 Å². The number of amides is 1. The fraction of sp³-hybridized carbons (Fsp3) is 0.250. The van der Waals surface area contributed by atoms with Crippen LogP contribution in [0.2, 0.25) is 0 Å². The average molecular weight is 421 g/mol. The first kappa shape index (κ1) is 22.1. The standard InChI is InChI=1S/C24H28N4O3/c1-3-25-23(27-17-24(2,30)19-8-5-4-6-9-19)26-16-18-11-13-20(14-12-18)28-22(29)21-10-7-15-31-21/h4-15,30H,3,16-17H2,1-2H3,(H,28,29)(H2,25,26,27). The molecule has 3 rings (SSSR count). The molecule has 1 heterocycles. The smallest absolute Gasteiger partial charge is 0.291 e. The van der Waals surface area contributed by atoms with Gasteiger partial charge in [0.25, 0.3) is 5.91 Å². The first-order chi connectivity index (χ1) is 15.0. The molecule has 162 valence electrons.